The Balaban J connectivity index is 1.80. The maximum atomic E-state index is 12.8. The first-order chi connectivity index (χ1) is 12.0. The van der Waals surface area contributed by atoms with Gasteiger partial charge in [-0.1, -0.05) is 18.2 Å². The minimum Gasteiger partial charge on any atom is -0.465 e. The van der Waals surface area contributed by atoms with Crippen molar-refractivity contribution in [2.45, 2.75) is 11.1 Å². The van der Waals surface area contributed by atoms with E-state index in [4.69, 9.17) is 9.26 Å². The highest BCUT2D eigenvalue weighted by molar-refractivity contribution is 8.00. The van der Waals surface area contributed by atoms with Crippen LogP contribution in [-0.4, -0.2) is 17.3 Å². The third kappa shape index (κ3) is 4.05. The van der Waals surface area contributed by atoms with Crippen molar-refractivity contribution in [3.8, 4) is 17.5 Å². The molecule has 1 aromatic heterocycles. The lowest BCUT2D eigenvalue weighted by atomic mass is 10.2. The van der Waals surface area contributed by atoms with Crippen molar-refractivity contribution >= 4 is 17.6 Å². The summed E-state index contributed by atoms with van der Waals surface area (Å²) in [6.45, 7) is 0. The van der Waals surface area contributed by atoms with Gasteiger partial charge in [0.15, 0.2) is 0 Å². The molecular weight excluding hydrogens is 355 g/mol. The zero-order chi connectivity index (χ0) is 17.9. The zero-order valence-corrected chi connectivity index (χ0v) is 13.7. The van der Waals surface area contributed by atoms with E-state index in [0.29, 0.717) is 16.1 Å². The number of benzene rings is 2. The number of alkyl halides is 3. The number of hydrogen-bond donors (Lipinski definition) is 1. The van der Waals surface area contributed by atoms with E-state index in [1.54, 1.807) is 30.3 Å². The van der Waals surface area contributed by atoms with Crippen molar-refractivity contribution in [2.75, 3.05) is 11.8 Å². The summed E-state index contributed by atoms with van der Waals surface area (Å²) in [4.78, 5) is 4.49. The van der Waals surface area contributed by atoms with Crippen LogP contribution < -0.4 is 9.46 Å². The van der Waals surface area contributed by atoms with Gasteiger partial charge >= 0.3 is 12.2 Å². The topological polar surface area (TPSA) is 60.2 Å². The summed E-state index contributed by atoms with van der Waals surface area (Å²) >= 11 is 1.05. The largest absolute Gasteiger partial charge is 0.465 e. The molecule has 0 spiro atoms. The van der Waals surface area contributed by atoms with Crippen molar-refractivity contribution in [3.63, 3.8) is 0 Å². The van der Waals surface area contributed by atoms with Gasteiger partial charge in [-0.25, -0.2) is 0 Å². The molecule has 25 heavy (non-hydrogen) atoms. The molecule has 2 aromatic carbocycles. The van der Waals surface area contributed by atoms with Gasteiger partial charge in [0.1, 0.15) is 0 Å². The molecule has 5 nitrogen and oxygen atoms in total. The summed E-state index contributed by atoms with van der Waals surface area (Å²) in [5.74, 6) is 0.240. The van der Waals surface area contributed by atoms with Crippen LogP contribution in [0.4, 0.5) is 18.9 Å². The van der Waals surface area contributed by atoms with E-state index in [1.165, 1.54) is 13.2 Å². The van der Waals surface area contributed by atoms with Crippen molar-refractivity contribution in [2.24, 2.45) is 0 Å². The SMILES string of the molecule is COc1noc(-c2ccccc2NSc2cccc(C(F)(F)F)c2)n1. The summed E-state index contributed by atoms with van der Waals surface area (Å²) in [6.07, 6.45) is -4.38. The van der Waals surface area contributed by atoms with Crippen molar-refractivity contribution in [1.29, 1.82) is 0 Å². The molecule has 1 heterocycles. The molecule has 3 aromatic rings. The lowest BCUT2D eigenvalue weighted by Gasteiger charge is -2.11. The molecule has 1 N–H and O–H groups in total. The predicted molar refractivity (Wildman–Crippen MR) is 87.2 cm³/mol. The fourth-order valence-electron chi connectivity index (χ4n) is 2.01. The summed E-state index contributed by atoms with van der Waals surface area (Å²) in [5.41, 5.74) is 0.531. The monoisotopic (exact) mass is 367 g/mol. The summed E-state index contributed by atoms with van der Waals surface area (Å²) in [5, 5.41) is 3.64. The summed E-state index contributed by atoms with van der Waals surface area (Å²) in [6, 6.07) is 12.2. The molecule has 0 amide bonds. The number of aromatic nitrogens is 2. The average Bonchev–Trinajstić information content (AvgIpc) is 3.09. The molecule has 0 saturated carbocycles. The second-order valence-electron chi connectivity index (χ2n) is 4.86. The molecule has 0 radical (unpaired) electrons. The van der Waals surface area contributed by atoms with Crippen LogP contribution in [0.1, 0.15) is 5.56 Å². The first kappa shape index (κ1) is 17.2. The third-order valence-corrected chi connectivity index (χ3v) is 4.00. The molecule has 3 rings (SSSR count). The maximum absolute atomic E-state index is 12.8. The highest BCUT2D eigenvalue weighted by Gasteiger charge is 2.30. The molecule has 0 aliphatic carbocycles. The van der Waals surface area contributed by atoms with E-state index in [1.807, 2.05) is 0 Å². The average molecular weight is 367 g/mol. The first-order valence-electron chi connectivity index (χ1n) is 7.04. The van der Waals surface area contributed by atoms with Gasteiger partial charge in [-0.15, -0.1) is 0 Å². The second kappa shape index (κ2) is 7.06. The minimum absolute atomic E-state index is 0.0929. The predicted octanol–water partition coefficient (Wildman–Crippen LogP) is 4.88. The second-order valence-corrected chi connectivity index (χ2v) is 5.74. The van der Waals surface area contributed by atoms with Gasteiger partial charge < -0.3 is 14.0 Å². The number of methoxy groups -OCH3 is 1. The van der Waals surface area contributed by atoms with E-state index in [2.05, 4.69) is 14.9 Å². The van der Waals surface area contributed by atoms with E-state index in [0.717, 1.165) is 24.1 Å². The lowest BCUT2D eigenvalue weighted by molar-refractivity contribution is -0.137. The van der Waals surface area contributed by atoms with Crippen LogP contribution in [-0.2, 0) is 6.18 Å². The molecule has 0 atom stereocenters. The van der Waals surface area contributed by atoms with Crippen molar-refractivity contribution < 1.29 is 22.4 Å². The summed E-state index contributed by atoms with van der Waals surface area (Å²) < 4.78 is 51.4. The Morgan fingerprint density at radius 2 is 1.92 bits per heavy atom. The van der Waals surface area contributed by atoms with Gasteiger partial charge in [0, 0.05) is 4.90 Å². The third-order valence-electron chi connectivity index (χ3n) is 3.19. The Morgan fingerprint density at radius 1 is 1.12 bits per heavy atom. The van der Waals surface area contributed by atoms with Crippen molar-refractivity contribution in [3.05, 3.63) is 54.1 Å². The molecular formula is C16H12F3N3O2S. The van der Waals surface area contributed by atoms with E-state index in [-0.39, 0.29) is 11.9 Å². The molecule has 130 valence electrons. The number of hydrogen-bond acceptors (Lipinski definition) is 6. The van der Waals surface area contributed by atoms with Gasteiger partial charge in [-0.3, -0.25) is 0 Å². The maximum Gasteiger partial charge on any atom is 0.416 e. The molecule has 0 fully saturated rings. The lowest BCUT2D eigenvalue weighted by Crippen LogP contribution is -2.04. The first-order valence-corrected chi connectivity index (χ1v) is 7.86. The van der Waals surface area contributed by atoms with Gasteiger partial charge in [0.2, 0.25) is 0 Å². The van der Waals surface area contributed by atoms with Crippen LogP contribution in [0.2, 0.25) is 0 Å². The van der Waals surface area contributed by atoms with E-state index < -0.39 is 11.7 Å². The van der Waals surface area contributed by atoms with Crippen LogP contribution in [0, 0.1) is 0 Å². The van der Waals surface area contributed by atoms with Gasteiger partial charge in [-0.05, 0) is 47.4 Å². The van der Waals surface area contributed by atoms with E-state index >= 15 is 0 Å². The summed E-state index contributed by atoms with van der Waals surface area (Å²) in [7, 11) is 1.42. The number of ether oxygens (including phenoxy) is 1. The number of nitrogens with one attached hydrogen (secondary N) is 1. The normalized spacial score (nSPS) is 11.4. The van der Waals surface area contributed by atoms with Gasteiger partial charge in [0.05, 0.1) is 23.9 Å². The molecule has 0 bridgehead atoms. The Labute approximate surface area is 145 Å². The number of anilines is 1. The molecule has 0 saturated heterocycles. The molecule has 0 unspecified atom stereocenters. The zero-order valence-electron chi connectivity index (χ0n) is 12.9. The Hall–Kier alpha value is -2.68. The van der Waals surface area contributed by atoms with Crippen LogP contribution in [0.5, 0.6) is 6.01 Å². The van der Waals surface area contributed by atoms with Crippen LogP contribution in [0.15, 0.2) is 57.9 Å². The highest BCUT2D eigenvalue weighted by Crippen LogP contribution is 2.34. The van der Waals surface area contributed by atoms with Crippen LogP contribution in [0.3, 0.4) is 0 Å². The van der Waals surface area contributed by atoms with Crippen LogP contribution in [0.25, 0.3) is 11.5 Å². The molecule has 9 heteroatoms. The number of rotatable bonds is 5. The van der Waals surface area contributed by atoms with Gasteiger partial charge in [0.25, 0.3) is 5.89 Å². The van der Waals surface area contributed by atoms with Crippen LogP contribution >= 0.6 is 11.9 Å². The minimum atomic E-state index is -4.38. The number of para-hydroxylation sites is 1. The number of halogens is 3. The van der Waals surface area contributed by atoms with Gasteiger partial charge in [-0.2, -0.15) is 18.2 Å². The Kier molecular flexibility index (Phi) is 4.84. The molecule has 0 aliphatic heterocycles. The number of nitrogens with zero attached hydrogens (tertiary/aromatic N) is 2. The quantitative estimate of drug-likeness (QED) is 0.649. The van der Waals surface area contributed by atoms with Crippen molar-refractivity contribution in [1.82, 2.24) is 10.1 Å². The fourth-order valence-corrected chi connectivity index (χ4v) is 2.75. The smallest absolute Gasteiger partial charge is 0.416 e. The van der Waals surface area contributed by atoms with E-state index in [9.17, 15) is 13.2 Å². The Morgan fingerprint density at radius 3 is 2.64 bits per heavy atom. The highest BCUT2D eigenvalue weighted by atomic mass is 32.2. The molecule has 0 aliphatic rings. The standard InChI is InChI=1S/C16H12F3N3O2S/c1-23-15-20-14(24-21-15)12-7-2-3-8-13(12)22-25-11-6-4-5-10(9-11)16(17,18)19/h2-9,22H,1H3. The fraction of sp³-hybridized carbons (Fsp3) is 0.125. The Bertz CT molecular complexity index is 868.